The van der Waals surface area contributed by atoms with Crippen LogP contribution in [0.5, 0.6) is 0 Å². The van der Waals surface area contributed by atoms with E-state index in [2.05, 4.69) is 24.4 Å². The number of para-hydroxylation sites is 1. The summed E-state index contributed by atoms with van der Waals surface area (Å²) in [6.45, 7) is 4.69. The van der Waals surface area contributed by atoms with E-state index in [0.29, 0.717) is 18.8 Å². The molecular formula is C23H26N2O3. The number of fused-ring (bicyclic) bond motifs is 1. The second-order valence-electron chi connectivity index (χ2n) is 7.43. The van der Waals surface area contributed by atoms with Crippen LogP contribution >= 0.6 is 0 Å². The fourth-order valence-corrected chi connectivity index (χ4v) is 4.08. The number of carboxylic acids is 1. The molecule has 2 N–H and O–H groups in total. The van der Waals surface area contributed by atoms with Crippen LogP contribution in [0.2, 0.25) is 0 Å². The van der Waals surface area contributed by atoms with Gasteiger partial charge in [0.2, 0.25) is 0 Å². The number of aryl methyl sites for hydroxylation is 1. The molecule has 0 unspecified atom stereocenters. The second-order valence-corrected chi connectivity index (χ2v) is 7.43. The highest BCUT2D eigenvalue weighted by Gasteiger charge is 2.23. The van der Waals surface area contributed by atoms with E-state index in [4.69, 9.17) is 4.74 Å². The normalized spacial score (nSPS) is 16.7. The molecule has 1 fully saturated rings. The van der Waals surface area contributed by atoms with Gasteiger partial charge in [-0.15, -0.1) is 0 Å². The lowest BCUT2D eigenvalue weighted by Crippen LogP contribution is -2.26. The molecule has 0 aliphatic carbocycles. The maximum atomic E-state index is 12.2. The number of benzene rings is 2. The van der Waals surface area contributed by atoms with E-state index in [1.165, 1.54) is 0 Å². The molecule has 1 aliphatic rings. The van der Waals surface area contributed by atoms with Gasteiger partial charge < -0.3 is 19.7 Å². The number of hydrogen-bond donors (Lipinski definition) is 2. The van der Waals surface area contributed by atoms with E-state index in [9.17, 15) is 9.90 Å². The van der Waals surface area contributed by atoms with Gasteiger partial charge in [0.1, 0.15) is 5.69 Å². The van der Waals surface area contributed by atoms with Crippen molar-refractivity contribution >= 4 is 16.9 Å². The quantitative estimate of drug-likeness (QED) is 0.653. The fourth-order valence-electron chi connectivity index (χ4n) is 4.08. The molecule has 1 saturated heterocycles. The van der Waals surface area contributed by atoms with Crippen molar-refractivity contribution in [2.75, 3.05) is 13.2 Å². The summed E-state index contributed by atoms with van der Waals surface area (Å²) in [7, 11) is 0. The summed E-state index contributed by atoms with van der Waals surface area (Å²) in [6, 6.07) is 16.1. The minimum Gasteiger partial charge on any atom is -0.477 e. The molecule has 0 saturated carbocycles. The Labute approximate surface area is 164 Å². The number of ether oxygens (including phenoxy) is 1. The molecule has 1 aliphatic heterocycles. The molecule has 0 spiro atoms. The topological polar surface area (TPSA) is 63.5 Å². The summed E-state index contributed by atoms with van der Waals surface area (Å²) in [5.74, 6) is -0.890. The molecule has 1 atom stereocenters. The van der Waals surface area contributed by atoms with Crippen LogP contribution in [-0.2, 0) is 17.8 Å². The molecule has 4 rings (SSSR count). The van der Waals surface area contributed by atoms with E-state index in [0.717, 1.165) is 53.6 Å². The third-order valence-electron chi connectivity index (χ3n) is 5.57. The number of carboxylic acid groups (broad SMARTS) is 1. The Morgan fingerprint density at radius 3 is 2.75 bits per heavy atom. The van der Waals surface area contributed by atoms with Gasteiger partial charge in [-0.1, -0.05) is 42.5 Å². The zero-order chi connectivity index (χ0) is 19.5. The molecule has 5 nitrogen and oxygen atoms in total. The van der Waals surface area contributed by atoms with E-state index in [-0.39, 0.29) is 6.10 Å². The predicted octanol–water partition coefficient (Wildman–Crippen LogP) is 3.96. The highest BCUT2D eigenvalue weighted by Crippen LogP contribution is 2.28. The number of aromatic nitrogens is 1. The zero-order valence-corrected chi connectivity index (χ0v) is 16.1. The summed E-state index contributed by atoms with van der Waals surface area (Å²) >= 11 is 0. The number of hydrogen-bond acceptors (Lipinski definition) is 3. The first-order valence-electron chi connectivity index (χ1n) is 9.85. The largest absolute Gasteiger partial charge is 0.477 e. The highest BCUT2D eigenvalue weighted by molar-refractivity contribution is 5.98. The summed E-state index contributed by atoms with van der Waals surface area (Å²) in [4.78, 5) is 12.2. The van der Waals surface area contributed by atoms with E-state index in [1.54, 1.807) is 0 Å². The van der Waals surface area contributed by atoms with Crippen LogP contribution in [0.15, 0.2) is 48.5 Å². The van der Waals surface area contributed by atoms with E-state index in [1.807, 2.05) is 41.0 Å². The minimum atomic E-state index is -0.890. The monoisotopic (exact) mass is 378 g/mol. The van der Waals surface area contributed by atoms with Crippen LogP contribution < -0.4 is 5.32 Å². The van der Waals surface area contributed by atoms with Gasteiger partial charge in [-0.05, 0) is 37.0 Å². The highest BCUT2D eigenvalue weighted by atomic mass is 16.5. The average Bonchev–Trinajstić information content (AvgIpc) is 3.31. The fraction of sp³-hybridized carbons (Fsp3) is 0.348. The van der Waals surface area contributed by atoms with Gasteiger partial charge in [-0.2, -0.15) is 0 Å². The number of nitrogens with zero attached hydrogens (tertiary/aromatic N) is 1. The second kappa shape index (κ2) is 8.17. The maximum Gasteiger partial charge on any atom is 0.352 e. The molecule has 2 heterocycles. The van der Waals surface area contributed by atoms with Gasteiger partial charge in [0, 0.05) is 42.7 Å². The first-order valence-corrected chi connectivity index (χ1v) is 9.85. The Morgan fingerprint density at radius 2 is 2.00 bits per heavy atom. The Bertz CT molecular complexity index is 987. The van der Waals surface area contributed by atoms with Crippen molar-refractivity contribution in [1.29, 1.82) is 0 Å². The van der Waals surface area contributed by atoms with Crippen LogP contribution in [0.3, 0.4) is 0 Å². The lowest BCUT2D eigenvalue weighted by molar-refractivity contribution is 0.0684. The van der Waals surface area contributed by atoms with Crippen LogP contribution in [0.25, 0.3) is 10.9 Å². The van der Waals surface area contributed by atoms with Crippen molar-refractivity contribution < 1.29 is 14.6 Å². The molecule has 3 aromatic rings. The third-order valence-corrected chi connectivity index (χ3v) is 5.57. The van der Waals surface area contributed by atoms with Gasteiger partial charge in [0.25, 0.3) is 0 Å². The first kappa shape index (κ1) is 18.7. The Kier molecular flexibility index (Phi) is 5.46. The minimum absolute atomic E-state index is 0.230. The SMILES string of the molecule is Cc1ccccc1Cn1c(C(=O)O)c(CNC[C@H]2CCCO2)c2ccccc21. The van der Waals surface area contributed by atoms with Gasteiger partial charge in [-0.3, -0.25) is 0 Å². The lowest BCUT2D eigenvalue weighted by Gasteiger charge is -2.13. The molecule has 0 radical (unpaired) electrons. The maximum absolute atomic E-state index is 12.2. The summed E-state index contributed by atoms with van der Waals surface area (Å²) in [6.07, 6.45) is 2.39. The van der Waals surface area contributed by atoms with Gasteiger partial charge in [0.15, 0.2) is 0 Å². The number of rotatable bonds is 7. The molecule has 0 amide bonds. The number of aromatic carboxylic acids is 1. The van der Waals surface area contributed by atoms with Crippen LogP contribution in [0.1, 0.15) is 40.0 Å². The molecule has 2 aromatic carbocycles. The number of carbonyl (C=O) groups is 1. The van der Waals surface area contributed by atoms with Crippen molar-refractivity contribution in [3.05, 3.63) is 70.9 Å². The van der Waals surface area contributed by atoms with Gasteiger partial charge in [0.05, 0.1) is 6.10 Å². The Balaban J connectivity index is 1.70. The van der Waals surface area contributed by atoms with Crippen molar-refractivity contribution in [3.8, 4) is 0 Å². The van der Waals surface area contributed by atoms with Gasteiger partial charge in [-0.25, -0.2) is 4.79 Å². The summed E-state index contributed by atoms with van der Waals surface area (Å²) in [5, 5.41) is 14.4. The van der Waals surface area contributed by atoms with Crippen molar-refractivity contribution in [3.63, 3.8) is 0 Å². The summed E-state index contributed by atoms with van der Waals surface area (Å²) in [5.41, 5.74) is 4.45. The molecule has 28 heavy (non-hydrogen) atoms. The van der Waals surface area contributed by atoms with Crippen LogP contribution in [0, 0.1) is 6.92 Å². The molecular weight excluding hydrogens is 352 g/mol. The van der Waals surface area contributed by atoms with Crippen molar-refractivity contribution in [2.24, 2.45) is 0 Å². The molecule has 146 valence electrons. The van der Waals surface area contributed by atoms with Crippen LogP contribution in [0.4, 0.5) is 0 Å². The van der Waals surface area contributed by atoms with Crippen molar-refractivity contribution in [2.45, 2.75) is 39.0 Å². The third kappa shape index (κ3) is 3.68. The predicted molar refractivity (Wildman–Crippen MR) is 110 cm³/mol. The van der Waals surface area contributed by atoms with E-state index >= 15 is 0 Å². The smallest absolute Gasteiger partial charge is 0.352 e. The lowest BCUT2D eigenvalue weighted by atomic mass is 10.1. The van der Waals surface area contributed by atoms with E-state index < -0.39 is 5.97 Å². The van der Waals surface area contributed by atoms with Gasteiger partial charge >= 0.3 is 5.97 Å². The Morgan fingerprint density at radius 1 is 1.21 bits per heavy atom. The first-order chi connectivity index (χ1) is 13.6. The molecule has 5 heteroatoms. The number of nitrogens with one attached hydrogen (secondary N) is 1. The average molecular weight is 378 g/mol. The zero-order valence-electron chi connectivity index (χ0n) is 16.1. The standard InChI is InChI=1S/C23H26N2O3/c1-16-7-2-3-8-17(16)15-25-21-11-5-4-10-19(21)20(22(25)23(26)27)14-24-13-18-9-6-12-28-18/h2-5,7-8,10-11,18,24H,6,9,12-15H2,1H3,(H,26,27)/t18-/m1/s1. The molecule has 1 aromatic heterocycles. The van der Waals surface area contributed by atoms with Crippen molar-refractivity contribution in [1.82, 2.24) is 9.88 Å². The summed E-state index contributed by atoms with van der Waals surface area (Å²) < 4.78 is 7.60. The Hall–Kier alpha value is -2.63. The van der Waals surface area contributed by atoms with Crippen LogP contribution in [-0.4, -0.2) is 34.9 Å². The molecule has 0 bridgehead atoms.